The number of benzene rings is 1. The van der Waals surface area contributed by atoms with E-state index >= 15 is 0 Å². The second-order valence-electron chi connectivity index (χ2n) is 4.94. The molecule has 102 valence electrons. The zero-order valence-corrected chi connectivity index (χ0v) is 10.8. The number of nitrogens with two attached hydrogens (primary N) is 1. The lowest BCUT2D eigenvalue weighted by Crippen LogP contribution is -2.31. The number of nitrogen functional groups attached to an aromatic ring is 1. The van der Waals surface area contributed by atoms with E-state index in [-0.39, 0.29) is 23.1 Å². The van der Waals surface area contributed by atoms with E-state index in [1.807, 2.05) is 18.2 Å². The fourth-order valence-corrected chi connectivity index (χ4v) is 2.62. The summed E-state index contributed by atoms with van der Waals surface area (Å²) in [7, 11) is 0. The van der Waals surface area contributed by atoms with Crippen LogP contribution in [0.4, 0.5) is 5.69 Å². The van der Waals surface area contributed by atoms with Crippen LogP contribution in [0.15, 0.2) is 41.3 Å². The van der Waals surface area contributed by atoms with Crippen LogP contribution in [0.2, 0.25) is 0 Å². The molecule has 1 aliphatic rings. The number of hydrogen-bond acceptors (Lipinski definition) is 3. The molecule has 1 aromatic carbocycles. The Balaban J connectivity index is 1.83. The average Bonchev–Trinajstić information content (AvgIpc) is 2.81. The zero-order chi connectivity index (χ0) is 14.1. The van der Waals surface area contributed by atoms with E-state index in [2.05, 4.69) is 10.3 Å². The van der Waals surface area contributed by atoms with E-state index in [0.29, 0.717) is 0 Å². The molecule has 0 saturated heterocycles. The summed E-state index contributed by atoms with van der Waals surface area (Å²) in [4.78, 5) is 26.2. The van der Waals surface area contributed by atoms with E-state index in [4.69, 9.17) is 5.73 Å². The molecule has 0 fully saturated rings. The van der Waals surface area contributed by atoms with E-state index in [1.165, 1.54) is 12.3 Å². The number of aromatic amines is 1. The Morgan fingerprint density at radius 1 is 1.35 bits per heavy atom. The molecular formula is C15H15N3O2. The largest absolute Gasteiger partial charge is 0.399 e. The second-order valence-corrected chi connectivity index (χ2v) is 4.94. The number of aryl methyl sites for hydroxylation is 1. The Morgan fingerprint density at radius 2 is 2.20 bits per heavy atom. The number of pyridine rings is 1. The Labute approximate surface area is 115 Å². The first-order valence-electron chi connectivity index (χ1n) is 6.52. The molecule has 0 aliphatic heterocycles. The predicted molar refractivity (Wildman–Crippen MR) is 76.4 cm³/mol. The van der Waals surface area contributed by atoms with Crippen molar-refractivity contribution in [2.24, 2.45) is 0 Å². The number of fused-ring (bicyclic) bond motifs is 1. The van der Waals surface area contributed by atoms with Gasteiger partial charge in [-0.1, -0.05) is 6.07 Å². The monoisotopic (exact) mass is 269 g/mol. The SMILES string of the molecule is Nc1ccc2c(c1)CCC2NC(=O)c1ccc[nH]c1=O. The maximum absolute atomic E-state index is 12.1. The van der Waals surface area contributed by atoms with Gasteiger partial charge in [0.25, 0.3) is 11.5 Å². The van der Waals surface area contributed by atoms with Crippen LogP contribution in [-0.4, -0.2) is 10.9 Å². The predicted octanol–water partition coefficient (Wildman–Crippen LogP) is 1.37. The molecule has 1 atom stereocenters. The molecule has 0 saturated carbocycles. The molecule has 0 spiro atoms. The number of amides is 1. The number of H-pyrrole nitrogens is 1. The van der Waals surface area contributed by atoms with Crippen LogP contribution in [0.5, 0.6) is 0 Å². The number of carbonyl (C=O) groups is 1. The zero-order valence-electron chi connectivity index (χ0n) is 10.8. The van der Waals surface area contributed by atoms with Crippen molar-refractivity contribution in [2.45, 2.75) is 18.9 Å². The summed E-state index contributed by atoms with van der Waals surface area (Å²) in [5.74, 6) is -0.346. The van der Waals surface area contributed by atoms with Gasteiger partial charge >= 0.3 is 0 Å². The van der Waals surface area contributed by atoms with Crippen LogP contribution < -0.4 is 16.6 Å². The number of hydrogen-bond donors (Lipinski definition) is 3. The van der Waals surface area contributed by atoms with Crippen molar-refractivity contribution in [1.82, 2.24) is 10.3 Å². The smallest absolute Gasteiger partial charge is 0.260 e. The molecule has 1 amide bonds. The summed E-state index contributed by atoms with van der Waals surface area (Å²) >= 11 is 0. The maximum Gasteiger partial charge on any atom is 0.260 e. The van der Waals surface area contributed by atoms with Crippen LogP contribution in [0, 0.1) is 0 Å². The van der Waals surface area contributed by atoms with Crippen molar-refractivity contribution >= 4 is 11.6 Å². The van der Waals surface area contributed by atoms with Gasteiger partial charge in [0, 0.05) is 11.9 Å². The van der Waals surface area contributed by atoms with Crippen molar-refractivity contribution in [3.05, 3.63) is 63.6 Å². The lowest BCUT2D eigenvalue weighted by atomic mass is 10.1. The number of carbonyl (C=O) groups excluding carboxylic acids is 1. The topological polar surface area (TPSA) is 88.0 Å². The van der Waals surface area contributed by atoms with E-state index < -0.39 is 0 Å². The lowest BCUT2D eigenvalue weighted by Gasteiger charge is -2.14. The van der Waals surface area contributed by atoms with Crippen molar-refractivity contribution in [1.29, 1.82) is 0 Å². The highest BCUT2D eigenvalue weighted by atomic mass is 16.2. The minimum absolute atomic E-state index is 0.0577. The Hall–Kier alpha value is -2.56. The minimum Gasteiger partial charge on any atom is -0.399 e. The highest BCUT2D eigenvalue weighted by Gasteiger charge is 2.24. The van der Waals surface area contributed by atoms with Crippen LogP contribution >= 0.6 is 0 Å². The lowest BCUT2D eigenvalue weighted by molar-refractivity contribution is 0.0935. The van der Waals surface area contributed by atoms with E-state index in [1.54, 1.807) is 6.07 Å². The van der Waals surface area contributed by atoms with Gasteiger partial charge in [-0.15, -0.1) is 0 Å². The van der Waals surface area contributed by atoms with Gasteiger partial charge in [0.1, 0.15) is 5.56 Å². The molecule has 5 heteroatoms. The fourth-order valence-electron chi connectivity index (χ4n) is 2.62. The number of anilines is 1. The summed E-state index contributed by atoms with van der Waals surface area (Å²) in [5.41, 5.74) is 8.50. The first-order chi connectivity index (χ1) is 9.65. The standard InChI is InChI=1S/C15H15N3O2/c16-10-4-5-11-9(8-10)3-6-13(11)18-15(20)12-2-1-7-17-14(12)19/h1-2,4-5,7-8,13H,3,6,16H2,(H,17,19)(H,18,20). The van der Waals surface area contributed by atoms with Gasteiger partial charge in [-0.3, -0.25) is 9.59 Å². The molecule has 3 rings (SSSR count). The van der Waals surface area contributed by atoms with Crippen LogP contribution in [0.1, 0.15) is 33.9 Å². The molecule has 2 aromatic rings. The molecule has 5 nitrogen and oxygen atoms in total. The average molecular weight is 269 g/mol. The third kappa shape index (κ3) is 2.18. The molecule has 1 unspecified atom stereocenters. The molecule has 4 N–H and O–H groups in total. The third-order valence-corrected chi connectivity index (χ3v) is 3.61. The van der Waals surface area contributed by atoms with Crippen LogP contribution in [-0.2, 0) is 6.42 Å². The van der Waals surface area contributed by atoms with Crippen LogP contribution in [0.3, 0.4) is 0 Å². The van der Waals surface area contributed by atoms with Crippen molar-refractivity contribution in [3.8, 4) is 0 Å². The molecule has 0 radical (unpaired) electrons. The normalized spacial score (nSPS) is 16.7. The number of nitrogens with one attached hydrogen (secondary N) is 2. The molecular weight excluding hydrogens is 254 g/mol. The molecule has 1 aromatic heterocycles. The molecule has 1 aliphatic carbocycles. The highest BCUT2D eigenvalue weighted by molar-refractivity contribution is 5.94. The highest BCUT2D eigenvalue weighted by Crippen LogP contribution is 2.32. The Kier molecular flexibility index (Phi) is 3.02. The first kappa shape index (κ1) is 12.5. The number of rotatable bonds is 2. The van der Waals surface area contributed by atoms with Gasteiger partial charge in [0.05, 0.1) is 6.04 Å². The van der Waals surface area contributed by atoms with E-state index in [0.717, 1.165) is 29.7 Å². The van der Waals surface area contributed by atoms with Gasteiger partial charge < -0.3 is 16.0 Å². The first-order valence-corrected chi connectivity index (χ1v) is 6.52. The summed E-state index contributed by atoms with van der Waals surface area (Å²) in [6.45, 7) is 0. The van der Waals surface area contributed by atoms with Gasteiger partial charge in [-0.05, 0) is 48.2 Å². The summed E-state index contributed by atoms with van der Waals surface area (Å²) in [6, 6.07) is 8.82. The quantitative estimate of drug-likeness (QED) is 0.719. The molecule has 20 heavy (non-hydrogen) atoms. The molecule has 0 bridgehead atoms. The van der Waals surface area contributed by atoms with Gasteiger partial charge in [-0.2, -0.15) is 0 Å². The molecule has 1 heterocycles. The summed E-state index contributed by atoms with van der Waals surface area (Å²) < 4.78 is 0. The summed E-state index contributed by atoms with van der Waals surface area (Å²) in [6.07, 6.45) is 3.22. The third-order valence-electron chi connectivity index (χ3n) is 3.61. The van der Waals surface area contributed by atoms with Crippen LogP contribution in [0.25, 0.3) is 0 Å². The maximum atomic E-state index is 12.1. The van der Waals surface area contributed by atoms with Crippen molar-refractivity contribution in [3.63, 3.8) is 0 Å². The second kappa shape index (κ2) is 4.85. The summed E-state index contributed by atoms with van der Waals surface area (Å²) in [5, 5.41) is 2.91. The van der Waals surface area contributed by atoms with Gasteiger partial charge in [0.15, 0.2) is 0 Å². The van der Waals surface area contributed by atoms with Gasteiger partial charge in [-0.25, -0.2) is 0 Å². The van der Waals surface area contributed by atoms with E-state index in [9.17, 15) is 9.59 Å². The fraction of sp³-hybridized carbons (Fsp3) is 0.200. The Morgan fingerprint density at radius 3 is 3.00 bits per heavy atom. The van der Waals surface area contributed by atoms with Crippen molar-refractivity contribution in [2.75, 3.05) is 5.73 Å². The number of aromatic nitrogens is 1. The van der Waals surface area contributed by atoms with Gasteiger partial charge in [0.2, 0.25) is 0 Å². The Bertz CT molecular complexity index is 721. The van der Waals surface area contributed by atoms with Crippen molar-refractivity contribution < 1.29 is 4.79 Å². The minimum atomic E-state index is -0.375.